The Kier molecular flexibility index (Phi) is 4.19. The quantitative estimate of drug-likeness (QED) is 0.688. The van der Waals surface area contributed by atoms with E-state index in [4.69, 9.17) is 9.57 Å². The highest BCUT2D eigenvalue weighted by Gasteiger charge is 2.72. The number of phenols is 1. The lowest BCUT2D eigenvalue weighted by Gasteiger charge is -2.63. The Hall–Kier alpha value is -2.57. The molecule has 2 bridgehead atoms. The molecule has 3 fully saturated rings. The summed E-state index contributed by atoms with van der Waals surface area (Å²) < 4.78 is 6.48. The van der Waals surface area contributed by atoms with Gasteiger partial charge in [-0.15, -0.1) is 0 Å². The number of hydrogen-bond donors (Lipinski definition) is 2. The molecule has 2 N–H and O–H groups in total. The third kappa shape index (κ3) is 2.71. The smallest absolute Gasteiger partial charge is 0.166 e. The van der Waals surface area contributed by atoms with Crippen LogP contribution in [0, 0.1) is 5.92 Å². The molecule has 2 aromatic carbocycles. The summed E-state index contributed by atoms with van der Waals surface area (Å²) >= 11 is 0. The van der Waals surface area contributed by atoms with E-state index in [0.717, 1.165) is 48.7 Å². The van der Waals surface area contributed by atoms with Crippen molar-refractivity contribution in [1.82, 2.24) is 4.90 Å². The summed E-state index contributed by atoms with van der Waals surface area (Å²) in [6.07, 6.45) is 5.10. The molecule has 0 aromatic heterocycles. The molecule has 2 heterocycles. The second-order valence-electron chi connectivity index (χ2n) is 10.6. The number of hydrogen-bond acceptors (Lipinski definition) is 6. The number of oxime groups is 1. The Morgan fingerprint density at radius 2 is 1.97 bits per heavy atom. The van der Waals surface area contributed by atoms with Gasteiger partial charge in [-0.3, -0.25) is 4.90 Å². The number of nitrogens with zero attached hydrogens (tertiary/aromatic N) is 2. The highest BCUT2D eigenvalue weighted by atomic mass is 16.6. The van der Waals surface area contributed by atoms with Gasteiger partial charge in [0.25, 0.3) is 0 Å². The van der Waals surface area contributed by atoms with Crippen molar-refractivity contribution in [2.75, 3.05) is 13.1 Å². The van der Waals surface area contributed by atoms with Gasteiger partial charge in [-0.1, -0.05) is 41.6 Å². The van der Waals surface area contributed by atoms with E-state index in [-0.39, 0.29) is 11.8 Å². The van der Waals surface area contributed by atoms with Crippen LogP contribution in [0.5, 0.6) is 11.5 Å². The van der Waals surface area contributed by atoms with Crippen molar-refractivity contribution in [3.8, 4) is 11.5 Å². The summed E-state index contributed by atoms with van der Waals surface area (Å²) in [6, 6.07) is 13.9. The summed E-state index contributed by atoms with van der Waals surface area (Å²) in [6.45, 7) is 2.42. The minimum absolute atomic E-state index is 0.0766. The molecule has 6 nitrogen and oxygen atoms in total. The lowest BCUT2D eigenvalue weighted by Crippen LogP contribution is -2.76. The van der Waals surface area contributed by atoms with Gasteiger partial charge < -0.3 is 19.8 Å². The van der Waals surface area contributed by atoms with Crippen LogP contribution in [0.2, 0.25) is 0 Å². The van der Waals surface area contributed by atoms with Gasteiger partial charge in [0.2, 0.25) is 0 Å². The van der Waals surface area contributed by atoms with Crippen molar-refractivity contribution in [2.24, 2.45) is 11.1 Å². The molecular formula is C27H30N2O4. The van der Waals surface area contributed by atoms with Crippen molar-refractivity contribution in [3.05, 3.63) is 59.2 Å². The molecule has 2 saturated carbocycles. The molecule has 2 aromatic rings. The van der Waals surface area contributed by atoms with Crippen LogP contribution in [0.3, 0.4) is 0 Å². The Morgan fingerprint density at radius 3 is 2.79 bits per heavy atom. The molecule has 1 saturated heterocycles. The number of benzene rings is 2. The largest absolute Gasteiger partial charge is 0.504 e. The molecule has 172 valence electrons. The highest BCUT2D eigenvalue weighted by molar-refractivity contribution is 5.94. The fourth-order valence-corrected chi connectivity index (χ4v) is 7.14. The first kappa shape index (κ1) is 19.9. The Bertz CT molecular complexity index is 1130. The number of aliphatic hydroxyl groups is 1. The van der Waals surface area contributed by atoms with Gasteiger partial charge in [0.15, 0.2) is 17.6 Å². The summed E-state index contributed by atoms with van der Waals surface area (Å²) in [5.41, 5.74) is 2.66. The topological polar surface area (TPSA) is 74.5 Å². The third-order valence-corrected chi connectivity index (χ3v) is 8.83. The molecule has 0 unspecified atom stereocenters. The predicted octanol–water partition coefficient (Wildman–Crippen LogP) is 3.53. The summed E-state index contributed by atoms with van der Waals surface area (Å²) in [5, 5.41) is 27.7. The number of phenolic OH excluding ortho intramolecular Hbond substituents is 1. The summed E-state index contributed by atoms with van der Waals surface area (Å²) in [7, 11) is 0. The van der Waals surface area contributed by atoms with E-state index in [0.29, 0.717) is 25.2 Å². The molecule has 5 aliphatic rings. The maximum absolute atomic E-state index is 12.4. The van der Waals surface area contributed by atoms with E-state index in [9.17, 15) is 10.2 Å². The molecular weight excluding hydrogens is 416 g/mol. The number of piperidine rings is 1. The van der Waals surface area contributed by atoms with Crippen LogP contribution >= 0.6 is 0 Å². The molecule has 1 spiro atoms. The van der Waals surface area contributed by atoms with Crippen LogP contribution in [0.1, 0.15) is 48.8 Å². The van der Waals surface area contributed by atoms with Gasteiger partial charge in [-0.05, 0) is 68.2 Å². The molecule has 0 amide bonds. The highest BCUT2D eigenvalue weighted by Crippen LogP contribution is 2.65. The molecule has 33 heavy (non-hydrogen) atoms. The lowest BCUT2D eigenvalue weighted by molar-refractivity contribution is -0.167. The predicted molar refractivity (Wildman–Crippen MR) is 123 cm³/mol. The van der Waals surface area contributed by atoms with Gasteiger partial charge in [0, 0.05) is 18.2 Å². The van der Waals surface area contributed by atoms with Gasteiger partial charge in [0.1, 0.15) is 6.61 Å². The van der Waals surface area contributed by atoms with Crippen LogP contribution < -0.4 is 4.74 Å². The standard InChI is InChI=1S/C27H30N2O4/c30-21-9-8-19-14-22-27(31)11-10-20(28-32-16-18-4-2-1-3-5-18)25-26(27,23(19)24(21)33-25)12-13-29(22)15-17-6-7-17/h1-5,8-9,17,22,25,30-31H,6-7,10-16H2/b28-20+/t22-,25+,26+,27-/m1/s1. The third-order valence-electron chi connectivity index (χ3n) is 8.83. The van der Waals surface area contributed by atoms with E-state index < -0.39 is 17.1 Å². The zero-order valence-corrected chi connectivity index (χ0v) is 18.7. The van der Waals surface area contributed by atoms with Gasteiger partial charge in [-0.25, -0.2) is 0 Å². The van der Waals surface area contributed by atoms with Crippen LogP contribution in [0.4, 0.5) is 0 Å². The van der Waals surface area contributed by atoms with Crippen LogP contribution in [0.25, 0.3) is 0 Å². The second kappa shape index (κ2) is 6.97. The van der Waals surface area contributed by atoms with Crippen LogP contribution in [0.15, 0.2) is 47.6 Å². The minimum Gasteiger partial charge on any atom is -0.504 e. The van der Waals surface area contributed by atoms with Crippen LogP contribution in [-0.4, -0.2) is 51.7 Å². The maximum atomic E-state index is 12.4. The fraction of sp³-hybridized carbons (Fsp3) is 0.519. The minimum atomic E-state index is -0.894. The zero-order chi connectivity index (χ0) is 22.2. The normalized spacial score (nSPS) is 35.2. The SMILES string of the molecule is Oc1ccc2c3c1O[C@H]1/C(=N/OCc4ccccc4)CC[C@@]4(O)[C@@H](C2)N(CC2CC2)CC[C@]314. The zero-order valence-electron chi connectivity index (χ0n) is 18.7. The summed E-state index contributed by atoms with van der Waals surface area (Å²) in [4.78, 5) is 8.33. The van der Waals surface area contributed by atoms with E-state index in [2.05, 4.69) is 10.1 Å². The van der Waals surface area contributed by atoms with E-state index in [1.54, 1.807) is 6.07 Å². The Morgan fingerprint density at radius 1 is 1.12 bits per heavy atom. The van der Waals surface area contributed by atoms with E-state index >= 15 is 0 Å². The van der Waals surface area contributed by atoms with Gasteiger partial charge >= 0.3 is 0 Å². The molecule has 4 atom stereocenters. The van der Waals surface area contributed by atoms with Crippen molar-refractivity contribution in [1.29, 1.82) is 0 Å². The van der Waals surface area contributed by atoms with Gasteiger partial charge in [0.05, 0.1) is 16.7 Å². The average molecular weight is 447 g/mol. The monoisotopic (exact) mass is 446 g/mol. The first-order valence-electron chi connectivity index (χ1n) is 12.3. The summed E-state index contributed by atoms with van der Waals surface area (Å²) in [5.74, 6) is 1.48. The number of rotatable bonds is 5. The Labute approximate surface area is 193 Å². The molecule has 3 aliphatic carbocycles. The van der Waals surface area contributed by atoms with E-state index in [1.807, 2.05) is 36.4 Å². The first-order valence-corrected chi connectivity index (χ1v) is 12.3. The fourth-order valence-electron chi connectivity index (χ4n) is 7.14. The molecule has 7 rings (SSSR count). The van der Waals surface area contributed by atoms with Crippen molar-refractivity contribution in [2.45, 2.75) is 68.3 Å². The van der Waals surface area contributed by atoms with Crippen LogP contribution in [-0.2, 0) is 23.3 Å². The second-order valence-corrected chi connectivity index (χ2v) is 10.6. The molecule has 6 heteroatoms. The molecule has 0 radical (unpaired) electrons. The number of likely N-dealkylation sites (tertiary alicyclic amines) is 1. The average Bonchev–Trinajstić information content (AvgIpc) is 3.56. The van der Waals surface area contributed by atoms with Gasteiger partial charge in [-0.2, -0.15) is 0 Å². The van der Waals surface area contributed by atoms with Crippen molar-refractivity contribution < 1.29 is 19.8 Å². The molecule has 2 aliphatic heterocycles. The Balaban J connectivity index is 1.28. The van der Waals surface area contributed by atoms with Crippen molar-refractivity contribution >= 4 is 5.71 Å². The lowest BCUT2D eigenvalue weighted by atomic mass is 9.49. The maximum Gasteiger partial charge on any atom is 0.166 e. The van der Waals surface area contributed by atoms with E-state index in [1.165, 1.54) is 18.4 Å². The van der Waals surface area contributed by atoms with Crippen molar-refractivity contribution in [3.63, 3.8) is 0 Å². The number of ether oxygens (including phenoxy) is 1. The first-order chi connectivity index (χ1) is 16.1. The number of aromatic hydroxyl groups is 1.